The second kappa shape index (κ2) is 5.26. The van der Waals surface area contributed by atoms with Crippen molar-refractivity contribution in [3.05, 3.63) is 33.9 Å². The Labute approximate surface area is 111 Å². The number of nitro groups is 1. The maximum Gasteiger partial charge on any atom is 0.342 e. The first-order valence-electron chi connectivity index (χ1n) is 5.91. The Bertz CT molecular complexity index is 506. The fourth-order valence-corrected chi connectivity index (χ4v) is 1.42. The van der Waals surface area contributed by atoms with Crippen molar-refractivity contribution >= 4 is 17.3 Å². The molecular weight excluding hydrogens is 248 g/mol. The molecule has 6 nitrogen and oxygen atoms in total. The third-order valence-corrected chi connectivity index (χ3v) is 3.11. The molecule has 6 heteroatoms. The monoisotopic (exact) mass is 266 g/mol. The maximum atomic E-state index is 10.9. The summed E-state index contributed by atoms with van der Waals surface area (Å²) in [5.41, 5.74) is -0.183. The molecule has 1 aromatic rings. The average molecular weight is 266 g/mol. The van der Waals surface area contributed by atoms with Crippen molar-refractivity contribution in [2.75, 3.05) is 5.32 Å². The number of nitrogens with one attached hydrogen (secondary N) is 1. The largest absolute Gasteiger partial charge is 0.477 e. The fraction of sp³-hybridized carbons (Fsp3) is 0.462. The van der Waals surface area contributed by atoms with Crippen LogP contribution < -0.4 is 5.32 Å². The minimum absolute atomic E-state index is 0.0136. The average Bonchev–Trinajstić information content (AvgIpc) is 2.27. The summed E-state index contributed by atoms with van der Waals surface area (Å²) in [5.74, 6) is -1.30. The van der Waals surface area contributed by atoms with Crippen LogP contribution in [0.15, 0.2) is 18.2 Å². The molecule has 0 bridgehead atoms. The second-order valence-corrected chi connectivity index (χ2v) is 5.53. The highest BCUT2D eigenvalue weighted by Gasteiger charge is 2.23. The van der Waals surface area contributed by atoms with E-state index in [4.69, 9.17) is 5.11 Å². The van der Waals surface area contributed by atoms with Gasteiger partial charge >= 0.3 is 5.97 Å². The lowest BCUT2D eigenvalue weighted by molar-refractivity contribution is -0.385. The van der Waals surface area contributed by atoms with Crippen molar-refractivity contribution in [2.45, 2.75) is 33.7 Å². The summed E-state index contributed by atoms with van der Waals surface area (Å²) in [4.78, 5) is 21.1. The maximum absolute atomic E-state index is 10.9. The normalized spacial score (nSPS) is 12.8. The smallest absolute Gasteiger partial charge is 0.342 e. The molecule has 0 spiro atoms. The van der Waals surface area contributed by atoms with Crippen LogP contribution in [0.1, 0.15) is 38.1 Å². The van der Waals surface area contributed by atoms with E-state index in [1.165, 1.54) is 12.1 Å². The molecule has 0 saturated carbocycles. The topological polar surface area (TPSA) is 92.5 Å². The van der Waals surface area contributed by atoms with Crippen molar-refractivity contribution < 1.29 is 14.8 Å². The van der Waals surface area contributed by atoms with Gasteiger partial charge in [0.1, 0.15) is 5.56 Å². The molecule has 0 aliphatic rings. The molecule has 0 aliphatic heterocycles. The fourth-order valence-electron chi connectivity index (χ4n) is 1.42. The van der Waals surface area contributed by atoms with Gasteiger partial charge in [0.15, 0.2) is 0 Å². The molecule has 0 fully saturated rings. The van der Waals surface area contributed by atoms with Crippen molar-refractivity contribution in [1.82, 2.24) is 0 Å². The number of carbonyl (C=O) groups is 1. The molecule has 1 unspecified atom stereocenters. The van der Waals surface area contributed by atoms with Crippen molar-refractivity contribution in [3.63, 3.8) is 0 Å². The summed E-state index contributed by atoms with van der Waals surface area (Å²) in [6.07, 6.45) is 0. The van der Waals surface area contributed by atoms with Gasteiger partial charge in [0.2, 0.25) is 0 Å². The van der Waals surface area contributed by atoms with Crippen molar-refractivity contribution in [1.29, 1.82) is 0 Å². The summed E-state index contributed by atoms with van der Waals surface area (Å²) in [5, 5.41) is 22.9. The van der Waals surface area contributed by atoms with Crippen LogP contribution in [-0.2, 0) is 0 Å². The Morgan fingerprint density at radius 1 is 1.42 bits per heavy atom. The van der Waals surface area contributed by atoms with Gasteiger partial charge in [0.05, 0.1) is 4.92 Å². The van der Waals surface area contributed by atoms with Crippen LogP contribution in [0.3, 0.4) is 0 Å². The summed E-state index contributed by atoms with van der Waals surface area (Å²) < 4.78 is 0. The molecule has 0 radical (unpaired) electrons. The molecule has 2 N–H and O–H groups in total. The third-order valence-electron chi connectivity index (χ3n) is 3.11. The van der Waals surface area contributed by atoms with E-state index < -0.39 is 16.6 Å². The lowest BCUT2D eigenvalue weighted by atomic mass is 9.88. The SMILES string of the molecule is CC(Nc1ccc(C(=O)O)c([N+](=O)[O-])c1)C(C)(C)C. The summed E-state index contributed by atoms with van der Waals surface area (Å²) in [6, 6.07) is 4.13. The molecule has 0 amide bonds. The van der Waals surface area contributed by atoms with Crippen LogP contribution in [0.25, 0.3) is 0 Å². The number of benzene rings is 1. The summed E-state index contributed by atoms with van der Waals surface area (Å²) in [7, 11) is 0. The highest BCUT2D eigenvalue weighted by atomic mass is 16.6. The number of rotatable bonds is 4. The number of anilines is 1. The molecule has 1 aromatic carbocycles. The van der Waals surface area contributed by atoms with Crippen molar-refractivity contribution in [3.8, 4) is 0 Å². The molecule has 0 saturated heterocycles. The van der Waals surface area contributed by atoms with E-state index in [9.17, 15) is 14.9 Å². The number of nitrogens with zero attached hydrogens (tertiary/aromatic N) is 1. The Balaban J connectivity index is 3.10. The van der Waals surface area contributed by atoms with Gasteiger partial charge in [-0.15, -0.1) is 0 Å². The Morgan fingerprint density at radius 2 is 2.00 bits per heavy atom. The molecule has 1 atom stereocenters. The van der Waals surface area contributed by atoms with Crippen molar-refractivity contribution in [2.24, 2.45) is 5.41 Å². The van der Waals surface area contributed by atoms with E-state index in [1.54, 1.807) is 6.07 Å². The highest BCUT2D eigenvalue weighted by Crippen LogP contribution is 2.27. The number of carboxylic acids is 1. The molecule has 0 aliphatic carbocycles. The number of hydrogen-bond acceptors (Lipinski definition) is 4. The summed E-state index contributed by atoms with van der Waals surface area (Å²) in [6.45, 7) is 8.11. The van der Waals surface area contributed by atoms with E-state index in [0.717, 1.165) is 0 Å². The minimum atomic E-state index is -1.30. The van der Waals surface area contributed by atoms with E-state index in [2.05, 4.69) is 5.32 Å². The molecule has 0 aromatic heterocycles. The zero-order valence-electron chi connectivity index (χ0n) is 11.4. The molecular formula is C13H18N2O4. The van der Waals surface area contributed by atoms with Gasteiger partial charge in [-0.3, -0.25) is 10.1 Å². The Morgan fingerprint density at radius 3 is 2.42 bits per heavy atom. The van der Waals surface area contributed by atoms with Gasteiger partial charge in [0.25, 0.3) is 5.69 Å². The first kappa shape index (κ1) is 14.9. The highest BCUT2D eigenvalue weighted by molar-refractivity contribution is 5.93. The first-order valence-corrected chi connectivity index (χ1v) is 5.91. The van der Waals surface area contributed by atoms with Crippen LogP contribution in [-0.4, -0.2) is 22.0 Å². The van der Waals surface area contributed by atoms with Gasteiger partial charge in [-0.05, 0) is 24.5 Å². The lowest BCUT2D eigenvalue weighted by Gasteiger charge is -2.29. The molecule has 104 valence electrons. The minimum Gasteiger partial charge on any atom is -0.477 e. The third kappa shape index (κ3) is 3.67. The number of aromatic carboxylic acids is 1. The van der Waals surface area contributed by atoms with Crippen LogP contribution in [0, 0.1) is 15.5 Å². The van der Waals surface area contributed by atoms with Gasteiger partial charge < -0.3 is 10.4 Å². The molecule has 0 heterocycles. The van der Waals surface area contributed by atoms with Crippen LogP contribution in [0.2, 0.25) is 0 Å². The number of carboxylic acid groups (broad SMARTS) is 1. The standard InChI is InChI=1S/C13H18N2O4/c1-8(13(2,3)4)14-9-5-6-10(12(16)17)11(7-9)15(18)19/h5-8,14H,1-4H3,(H,16,17). The Hall–Kier alpha value is -2.11. The van der Waals surface area contributed by atoms with E-state index in [0.29, 0.717) is 5.69 Å². The van der Waals surface area contributed by atoms with Gasteiger partial charge in [-0.25, -0.2) is 4.79 Å². The second-order valence-electron chi connectivity index (χ2n) is 5.53. The quantitative estimate of drug-likeness (QED) is 0.645. The zero-order valence-corrected chi connectivity index (χ0v) is 11.4. The predicted octanol–water partition coefficient (Wildman–Crippen LogP) is 3.14. The van der Waals surface area contributed by atoms with Gasteiger partial charge in [0, 0.05) is 17.8 Å². The van der Waals surface area contributed by atoms with Gasteiger partial charge in [-0.2, -0.15) is 0 Å². The number of hydrogen-bond donors (Lipinski definition) is 2. The zero-order chi connectivity index (χ0) is 14.8. The summed E-state index contributed by atoms with van der Waals surface area (Å²) >= 11 is 0. The predicted molar refractivity (Wildman–Crippen MR) is 72.6 cm³/mol. The molecule has 19 heavy (non-hydrogen) atoms. The first-order chi connectivity index (χ1) is 8.62. The van der Waals surface area contributed by atoms with Crippen LogP contribution in [0.5, 0.6) is 0 Å². The van der Waals surface area contributed by atoms with E-state index >= 15 is 0 Å². The van der Waals surface area contributed by atoms with Crippen LogP contribution in [0.4, 0.5) is 11.4 Å². The number of nitro benzene ring substituents is 1. The molecule has 1 rings (SSSR count). The van der Waals surface area contributed by atoms with E-state index in [1.807, 2.05) is 27.7 Å². The lowest BCUT2D eigenvalue weighted by Crippen LogP contribution is -2.30. The van der Waals surface area contributed by atoms with Gasteiger partial charge in [-0.1, -0.05) is 20.8 Å². The van der Waals surface area contributed by atoms with Crippen LogP contribution >= 0.6 is 0 Å². The van der Waals surface area contributed by atoms with E-state index in [-0.39, 0.29) is 17.0 Å². The Kier molecular flexibility index (Phi) is 4.14.